The van der Waals surface area contributed by atoms with Gasteiger partial charge < -0.3 is 9.47 Å². The molecular formula is C33H24N2O2S. The van der Waals surface area contributed by atoms with E-state index in [1.165, 1.54) is 10.1 Å². The van der Waals surface area contributed by atoms with E-state index in [1.54, 1.807) is 25.6 Å². The SMILES string of the molecule is COc1cc2cc(-c3ccccc3)n3nc(-c4cc5ccccc5s4)c(-c4ccccc4)c3c2cc1OC. The molecule has 0 bridgehead atoms. The second-order valence-corrected chi connectivity index (χ2v) is 10.3. The minimum absolute atomic E-state index is 0.693. The van der Waals surface area contributed by atoms with Crippen LogP contribution in [0.5, 0.6) is 11.5 Å². The number of fused-ring (bicyclic) bond motifs is 4. The summed E-state index contributed by atoms with van der Waals surface area (Å²) in [6.45, 7) is 0. The number of hydrogen-bond donors (Lipinski definition) is 0. The fraction of sp³-hybridized carbons (Fsp3) is 0.0606. The Morgan fingerprint density at radius 3 is 2.03 bits per heavy atom. The molecule has 3 aromatic heterocycles. The van der Waals surface area contributed by atoms with Crippen LogP contribution in [-0.4, -0.2) is 23.8 Å². The van der Waals surface area contributed by atoms with E-state index < -0.39 is 0 Å². The zero-order chi connectivity index (χ0) is 25.6. The molecular weight excluding hydrogens is 488 g/mol. The highest BCUT2D eigenvalue weighted by molar-refractivity contribution is 7.22. The molecule has 0 radical (unpaired) electrons. The fourth-order valence-electron chi connectivity index (χ4n) is 5.23. The van der Waals surface area contributed by atoms with Gasteiger partial charge in [0.2, 0.25) is 0 Å². The van der Waals surface area contributed by atoms with Crippen molar-refractivity contribution in [3.63, 3.8) is 0 Å². The Bertz CT molecular complexity index is 1910. The van der Waals surface area contributed by atoms with Gasteiger partial charge in [-0.25, -0.2) is 4.52 Å². The summed E-state index contributed by atoms with van der Waals surface area (Å²) in [4.78, 5) is 1.14. The van der Waals surface area contributed by atoms with Crippen molar-refractivity contribution < 1.29 is 9.47 Å². The Morgan fingerprint density at radius 1 is 0.658 bits per heavy atom. The van der Waals surface area contributed by atoms with E-state index in [-0.39, 0.29) is 0 Å². The Kier molecular flexibility index (Phi) is 5.38. The minimum atomic E-state index is 0.693. The standard InChI is InChI=1S/C33H24N2O2S/c1-36-27-18-24-17-26(21-11-5-3-6-12-21)35-33(25(24)20-28(27)37-2)31(22-13-7-4-8-14-22)32(34-35)30-19-23-15-9-10-16-29(23)38-30/h3-20H,1-2H3. The van der Waals surface area contributed by atoms with Crippen LogP contribution in [0.2, 0.25) is 0 Å². The van der Waals surface area contributed by atoms with Gasteiger partial charge in [0.25, 0.3) is 0 Å². The summed E-state index contributed by atoms with van der Waals surface area (Å²) in [5, 5.41) is 8.68. The van der Waals surface area contributed by atoms with Crippen molar-refractivity contribution in [3.8, 4) is 44.5 Å². The van der Waals surface area contributed by atoms with Gasteiger partial charge in [0.1, 0.15) is 5.69 Å². The van der Waals surface area contributed by atoms with Crippen LogP contribution >= 0.6 is 11.3 Å². The highest BCUT2D eigenvalue weighted by atomic mass is 32.1. The van der Waals surface area contributed by atoms with Crippen molar-refractivity contribution >= 4 is 37.7 Å². The van der Waals surface area contributed by atoms with Crippen molar-refractivity contribution in [2.24, 2.45) is 0 Å². The fourth-order valence-corrected chi connectivity index (χ4v) is 6.29. The van der Waals surface area contributed by atoms with Crippen molar-refractivity contribution in [3.05, 3.63) is 109 Å². The van der Waals surface area contributed by atoms with Crippen LogP contribution in [0.15, 0.2) is 109 Å². The molecule has 0 spiro atoms. The van der Waals surface area contributed by atoms with Crippen LogP contribution in [0.1, 0.15) is 0 Å². The van der Waals surface area contributed by atoms with Crippen LogP contribution in [0.3, 0.4) is 0 Å². The first kappa shape index (κ1) is 22.6. The highest BCUT2D eigenvalue weighted by Crippen LogP contribution is 2.45. The Balaban J connectivity index is 1.68. The summed E-state index contributed by atoms with van der Waals surface area (Å²) in [6.07, 6.45) is 0. The number of hydrogen-bond acceptors (Lipinski definition) is 4. The molecule has 7 rings (SSSR count). The molecule has 7 aromatic rings. The molecule has 0 amide bonds. The Labute approximate surface area is 224 Å². The lowest BCUT2D eigenvalue weighted by Crippen LogP contribution is -1.97. The lowest BCUT2D eigenvalue weighted by atomic mass is 9.98. The summed E-state index contributed by atoms with van der Waals surface area (Å²) in [6, 6.07) is 38.0. The van der Waals surface area contributed by atoms with Crippen molar-refractivity contribution in [1.82, 2.24) is 9.61 Å². The molecule has 0 N–H and O–H groups in total. The van der Waals surface area contributed by atoms with E-state index in [1.807, 2.05) is 6.07 Å². The number of methoxy groups -OCH3 is 2. The Morgan fingerprint density at radius 2 is 1.32 bits per heavy atom. The van der Waals surface area contributed by atoms with E-state index in [9.17, 15) is 0 Å². The predicted octanol–water partition coefficient (Wildman–Crippen LogP) is 8.72. The largest absolute Gasteiger partial charge is 0.493 e. The number of rotatable bonds is 5. The molecule has 0 aliphatic carbocycles. The molecule has 0 aliphatic rings. The summed E-state index contributed by atoms with van der Waals surface area (Å²) >= 11 is 1.77. The average molecular weight is 513 g/mol. The molecule has 4 aromatic carbocycles. The third kappa shape index (κ3) is 3.55. The number of thiophene rings is 1. The van der Waals surface area contributed by atoms with Gasteiger partial charge in [-0.05, 0) is 46.7 Å². The molecule has 0 saturated carbocycles. The molecule has 4 nitrogen and oxygen atoms in total. The first-order valence-electron chi connectivity index (χ1n) is 12.5. The maximum atomic E-state index is 5.73. The van der Waals surface area contributed by atoms with Crippen LogP contribution in [0, 0.1) is 0 Å². The van der Waals surface area contributed by atoms with Crippen molar-refractivity contribution in [2.75, 3.05) is 14.2 Å². The molecule has 0 aliphatic heterocycles. The molecule has 3 heterocycles. The number of ether oxygens (including phenoxy) is 2. The molecule has 0 saturated heterocycles. The van der Waals surface area contributed by atoms with Gasteiger partial charge >= 0.3 is 0 Å². The maximum Gasteiger partial charge on any atom is 0.161 e. The molecule has 0 fully saturated rings. The third-order valence-corrected chi connectivity index (χ3v) is 8.13. The van der Waals surface area contributed by atoms with Gasteiger partial charge in [-0.3, -0.25) is 0 Å². The van der Waals surface area contributed by atoms with Gasteiger partial charge in [0.05, 0.1) is 30.3 Å². The summed E-state index contributed by atoms with van der Waals surface area (Å²) < 4.78 is 14.8. The summed E-state index contributed by atoms with van der Waals surface area (Å²) in [5.74, 6) is 1.40. The van der Waals surface area contributed by atoms with Gasteiger partial charge in [-0.1, -0.05) is 78.9 Å². The van der Waals surface area contributed by atoms with Gasteiger partial charge in [-0.15, -0.1) is 11.3 Å². The number of pyridine rings is 1. The second kappa shape index (κ2) is 9.05. The highest BCUT2D eigenvalue weighted by Gasteiger charge is 2.23. The van der Waals surface area contributed by atoms with Crippen molar-refractivity contribution in [2.45, 2.75) is 0 Å². The maximum absolute atomic E-state index is 5.73. The number of aromatic nitrogens is 2. The topological polar surface area (TPSA) is 35.8 Å². The summed E-state index contributed by atoms with van der Waals surface area (Å²) in [7, 11) is 3.35. The van der Waals surface area contributed by atoms with Gasteiger partial charge in [0, 0.05) is 21.2 Å². The van der Waals surface area contributed by atoms with E-state index in [4.69, 9.17) is 14.6 Å². The molecule has 0 atom stereocenters. The van der Waals surface area contributed by atoms with E-state index >= 15 is 0 Å². The van der Waals surface area contributed by atoms with E-state index in [0.717, 1.165) is 49.2 Å². The lowest BCUT2D eigenvalue weighted by Gasteiger charge is -2.14. The quantitative estimate of drug-likeness (QED) is 0.231. The molecule has 38 heavy (non-hydrogen) atoms. The van der Waals surface area contributed by atoms with E-state index in [2.05, 4.69) is 108 Å². The zero-order valence-corrected chi connectivity index (χ0v) is 21.8. The normalized spacial score (nSPS) is 11.4. The molecule has 184 valence electrons. The smallest absolute Gasteiger partial charge is 0.161 e. The summed E-state index contributed by atoms with van der Waals surface area (Å²) in [5.41, 5.74) is 6.35. The monoisotopic (exact) mass is 512 g/mol. The van der Waals surface area contributed by atoms with Crippen LogP contribution in [0.25, 0.3) is 59.3 Å². The van der Waals surface area contributed by atoms with Crippen LogP contribution in [-0.2, 0) is 0 Å². The third-order valence-electron chi connectivity index (χ3n) is 7.01. The number of nitrogens with zero attached hydrogens (tertiary/aromatic N) is 2. The van der Waals surface area contributed by atoms with Crippen molar-refractivity contribution in [1.29, 1.82) is 0 Å². The van der Waals surface area contributed by atoms with E-state index in [0.29, 0.717) is 11.5 Å². The van der Waals surface area contributed by atoms with Gasteiger partial charge in [-0.2, -0.15) is 5.10 Å². The lowest BCUT2D eigenvalue weighted by molar-refractivity contribution is 0.356. The average Bonchev–Trinajstić information content (AvgIpc) is 3.59. The first-order valence-corrected chi connectivity index (χ1v) is 13.3. The predicted molar refractivity (Wildman–Crippen MR) is 157 cm³/mol. The zero-order valence-electron chi connectivity index (χ0n) is 21.0. The molecule has 5 heteroatoms. The van der Waals surface area contributed by atoms with Gasteiger partial charge in [0.15, 0.2) is 11.5 Å². The minimum Gasteiger partial charge on any atom is -0.493 e. The van der Waals surface area contributed by atoms with Crippen LogP contribution in [0.4, 0.5) is 0 Å². The first-order chi connectivity index (χ1) is 18.7. The number of benzene rings is 4. The Hall–Kier alpha value is -4.61. The molecule has 0 unspecified atom stereocenters. The van der Waals surface area contributed by atoms with Crippen LogP contribution < -0.4 is 9.47 Å². The second-order valence-electron chi connectivity index (χ2n) is 9.19.